The van der Waals surface area contributed by atoms with E-state index in [1.54, 1.807) is 20.3 Å². The molecular formula is C16H27NO4. The van der Waals surface area contributed by atoms with Gasteiger partial charge < -0.3 is 19.3 Å². The average Bonchev–Trinajstić information content (AvgIpc) is 2.47. The summed E-state index contributed by atoms with van der Waals surface area (Å²) < 4.78 is 15.8. The molecule has 0 aromatic heterocycles. The van der Waals surface area contributed by atoms with Gasteiger partial charge in [0.05, 0.1) is 19.8 Å². The van der Waals surface area contributed by atoms with Crippen LogP contribution in [0.3, 0.4) is 0 Å². The second-order valence-corrected chi connectivity index (χ2v) is 4.96. The van der Waals surface area contributed by atoms with Gasteiger partial charge in [-0.15, -0.1) is 0 Å². The highest BCUT2D eigenvalue weighted by Crippen LogP contribution is 2.30. The molecular weight excluding hydrogens is 270 g/mol. The zero-order valence-electron chi connectivity index (χ0n) is 13.5. The first-order valence-electron chi connectivity index (χ1n) is 7.29. The van der Waals surface area contributed by atoms with Crippen LogP contribution in [0.1, 0.15) is 19.4 Å². The summed E-state index contributed by atoms with van der Waals surface area (Å²) in [6.45, 7) is 7.21. The van der Waals surface area contributed by atoms with E-state index in [9.17, 15) is 5.11 Å². The van der Waals surface area contributed by atoms with Crippen LogP contribution in [0.5, 0.6) is 11.5 Å². The van der Waals surface area contributed by atoms with Crippen molar-refractivity contribution in [2.45, 2.75) is 26.4 Å². The Hall–Kier alpha value is -1.30. The quantitative estimate of drug-likeness (QED) is 0.718. The molecule has 0 aliphatic heterocycles. The van der Waals surface area contributed by atoms with E-state index >= 15 is 0 Å². The summed E-state index contributed by atoms with van der Waals surface area (Å²) >= 11 is 0. The Bertz CT molecular complexity index is 411. The third-order valence-corrected chi connectivity index (χ3v) is 3.37. The Kier molecular flexibility index (Phi) is 8.12. The molecule has 1 unspecified atom stereocenters. The molecule has 0 spiro atoms. The van der Waals surface area contributed by atoms with Crippen molar-refractivity contribution < 1.29 is 19.3 Å². The summed E-state index contributed by atoms with van der Waals surface area (Å²) in [4.78, 5) is 2.22. The van der Waals surface area contributed by atoms with Crippen LogP contribution in [-0.2, 0) is 16.0 Å². The number of nitrogens with zero attached hydrogens (tertiary/aromatic N) is 1. The fourth-order valence-corrected chi connectivity index (χ4v) is 2.20. The van der Waals surface area contributed by atoms with Gasteiger partial charge in [0.1, 0.15) is 0 Å². The number of hydrogen-bond acceptors (Lipinski definition) is 5. The van der Waals surface area contributed by atoms with Crippen molar-refractivity contribution in [1.29, 1.82) is 0 Å². The van der Waals surface area contributed by atoms with Crippen molar-refractivity contribution in [3.63, 3.8) is 0 Å². The minimum atomic E-state index is 0.214. The smallest absolute Gasteiger partial charge is 0.162 e. The maximum Gasteiger partial charge on any atom is 0.162 e. The summed E-state index contributed by atoms with van der Waals surface area (Å²) in [5, 5.41) is 10.3. The number of phenolic OH excluding ortho intramolecular Hbond substituents is 1. The minimum absolute atomic E-state index is 0.214. The molecule has 0 aliphatic carbocycles. The molecule has 5 nitrogen and oxygen atoms in total. The lowest BCUT2D eigenvalue weighted by Gasteiger charge is -2.28. The van der Waals surface area contributed by atoms with Gasteiger partial charge in [0.15, 0.2) is 11.5 Å². The molecule has 5 heteroatoms. The van der Waals surface area contributed by atoms with Crippen LogP contribution in [0.4, 0.5) is 0 Å². The summed E-state index contributed by atoms with van der Waals surface area (Å²) in [6, 6.07) is 5.83. The Labute approximate surface area is 127 Å². The van der Waals surface area contributed by atoms with Crippen LogP contribution in [0.15, 0.2) is 18.2 Å². The van der Waals surface area contributed by atoms with Crippen molar-refractivity contribution >= 4 is 0 Å². The van der Waals surface area contributed by atoms with Gasteiger partial charge in [0.25, 0.3) is 0 Å². The van der Waals surface area contributed by atoms with E-state index in [-0.39, 0.29) is 11.8 Å². The largest absolute Gasteiger partial charge is 0.504 e. The molecule has 1 N–H and O–H groups in total. The molecule has 0 radical (unpaired) electrons. The molecule has 1 aromatic rings. The van der Waals surface area contributed by atoms with Gasteiger partial charge in [-0.05, 0) is 19.9 Å². The molecule has 1 atom stereocenters. The standard InChI is InChI=1S/C16H27NO4/c1-5-21-15-8-6-7-14(16(15)18)11-17(9-10-19-3)13(2)12-20-4/h6-8,13,18H,5,9-12H2,1-4H3. The van der Waals surface area contributed by atoms with Gasteiger partial charge in [-0.2, -0.15) is 0 Å². The Morgan fingerprint density at radius 3 is 2.62 bits per heavy atom. The number of methoxy groups -OCH3 is 2. The van der Waals surface area contributed by atoms with Gasteiger partial charge in [-0.3, -0.25) is 4.90 Å². The number of hydrogen-bond donors (Lipinski definition) is 1. The highest BCUT2D eigenvalue weighted by Gasteiger charge is 2.17. The highest BCUT2D eigenvalue weighted by atomic mass is 16.5. The lowest BCUT2D eigenvalue weighted by atomic mass is 10.1. The van der Waals surface area contributed by atoms with E-state index in [1.807, 2.05) is 19.1 Å². The first kappa shape index (κ1) is 17.8. The topological polar surface area (TPSA) is 51.2 Å². The number of para-hydroxylation sites is 1. The fraction of sp³-hybridized carbons (Fsp3) is 0.625. The maximum absolute atomic E-state index is 10.3. The van der Waals surface area contributed by atoms with E-state index in [0.29, 0.717) is 32.1 Å². The van der Waals surface area contributed by atoms with Crippen LogP contribution in [-0.4, -0.2) is 56.6 Å². The van der Waals surface area contributed by atoms with E-state index in [1.165, 1.54) is 0 Å². The zero-order valence-corrected chi connectivity index (χ0v) is 13.5. The van der Waals surface area contributed by atoms with E-state index in [2.05, 4.69) is 11.8 Å². The fourth-order valence-electron chi connectivity index (χ4n) is 2.20. The second kappa shape index (κ2) is 9.60. The van der Waals surface area contributed by atoms with E-state index in [0.717, 1.165) is 12.1 Å². The molecule has 0 heterocycles. The Morgan fingerprint density at radius 2 is 2.00 bits per heavy atom. The Morgan fingerprint density at radius 1 is 1.24 bits per heavy atom. The highest BCUT2D eigenvalue weighted by molar-refractivity contribution is 5.45. The lowest BCUT2D eigenvalue weighted by Crippen LogP contribution is -2.38. The second-order valence-electron chi connectivity index (χ2n) is 4.96. The molecule has 1 aromatic carbocycles. The summed E-state index contributed by atoms with van der Waals surface area (Å²) in [5.41, 5.74) is 0.847. The van der Waals surface area contributed by atoms with Crippen molar-refractivity contribution in [3.05, 3.63) is 23.8 Å². The SMILES string of the molecule is CCOc1cccc(CN(CCOC)C(C)COC)c1O. The molecule has 0 bridgehead atoms. The predicted octanol–water partition coefficient (Wildman–Crippen LogP) is 2.27. The van der Waals surface area contributed by atoms with Crippen LogP contribution in [0, 0.1) is 0 Å². The molecule has 0 saturated heterocycles. The number of rotatable bonds is 10. The van der Waals surface area contributed by atoms with Gasteiger partial charge in [0, 0.05) is 38.9 Å². The first-order valence-corrected chi connectivity index (χ1v) is 7.29. The number of aromatic hydroxyl groups is 1. The average molecular weight is 297 g/mol. The minimum Gasteiger partial charge on any atom is -0.504 e. The normalized spacial score (nSPS) is 12.6. The predicted molar refractivity (Wildman–Crippen MR) is 82.9 cm³/mol. The molecule has 21 heavy (non-hydrogen) atoms. The van der Waals surface area contributed by atoms with Crippen molar-refractivity contribution in [2.75, 3.05) is 40.6 Å². The third kappa shape index (κ3) is 5.53. The lowest BCUT2D eigenvalue weighted by molar-refractivity contribution is 0.0699. The van der Waals surface area contributed by atoms with Crippen molar-refractivity contribution in [2.24, 2.45) is 0 Å². The molecule has 1 rings (SSSR count). The van der Waals surface area contributed by atoms with Crippen molar-refractivity contribution in [1.82, 2.24) is 4.90 Å². The summed E-state index contributed by atoms with van der Waals surface area (Å²) in [7, 11) is 3.38. The van der Waals surface area contributed by atoms with Crippen molar-refractivity contribution in [3.8, 4) is 11.5 Å². The maximum atomic E-state index is 10.3. The summed E-state index contributed by atoms with van der Waals surface area (Å²) in [5.74, 6) is 0.743. The van der Waals surface area contributed by atoms with Gasteiger partial charge in [-0.25, -0.2) is 0 Å². The van der Waals surface area contributed by atoms with Gasteiger partial charge >= 0.3 is 0 Å². The summed E-state index contributed by atoms with van der Waals surface area (Å²) in [6.07, 6.45) is 0. The van der Waals surface area contributed by atoms with Crippen LogP contribution >= 0.6 is 0 Å². The van der Waals surface area contributed by atoms with E-state index < -0.39 is 0 Å². The molecule has 0 aliphatic rings. The van der Waals surface area contributed by atoms with E-state index in [4.69, 9.17) is 14.2 Å². The van der Waals surface area contributed by atoms with Crippen LogP contribution in [0.25, 0.3) is 0 Å². The first-order chi connectivity index (χ1) is 10.1. The molecule has 0 amide bonds. The number of phenols is 1. The van der Waals surface area contributed by atoms with Gasteiger partial charge in [0.2, 0.25) is 0 Å². The van der Waals surface area contributed by atoms with Gasteiger partial charge in [-0.1, -0.05) is 12.1 Å². The molecule has 120 valence electrons. The van der Waals surface area contributed by atoms with Crippen LogP contribution in [0.2, 0.25) is 0 Å². The number of ether oxygens (including phenoxy) is 3. The number of benzene rings is 1. The monoisotopic (exact) mass is 297 g/mol. The Balaban J connectivity index is 2.84. The molecule has 0 saturated carbocycles. The zero-order chi connectivity index (χ0) is 15.7. The molecule has 0 fully saturated rings. The third-order valence-electron chi connectivity index (χ3n) is 3.37. The van der Waals surface area contributed by atoms with Crippen LogP contribution < -0.4 is 4.74 Å².